The molecule has 29 heavy (non-hydrogen) atoms. The molecule has 1 amide bonds. The lowest BCUT2D eigenvalue weighted by atomic mass is 10.1. The molecular formula is C18H20N6O4S. The molecule has 0 radical (unpaired) electrons. The lowest BCUT2D eigenvalue weighted by Gasteiger charge is -2.13. The maximum absolute atomic E-state index is 12.4. The average Bonchev–Trinajstić information content (AvgIpc) is 3.08. The number of tetrazole rings is 1. The molecule has 10 nitrogen and oxygen atoms in total. The van der Waals surface area contributed by atoms with Crippen molar-refractivity contribution < 1.29 is 13.2 Å². The van der Waals surface area contributed by atoms with Gasteiger partial charge in [0.25, 0.3) is 5.56 Å². The molecule has 3 aromatic rings. The van der Waals surface area contributed by atoms with Crippen LogP contribution in [0.4, 0.5) is 0 Å². The summed E-state index contributed by atoms with van der Waals surface area (Å²) in [6.07, 6.45) is 2.46. The fourth-order valence-corrected chi connectivity index (χ4v) is 3.92. The summed E-state index contributed by atoms with van der Waals surface area (Å²) in [6, 6.07) is 10.6. The van der Waals surface area contributed by atoms with Crippen LogP contribution < -0.4 is 11.3 Å². The summed E-state index contributed by atoms with van der Waals surface area (Å²) in [4.78, 5) is 23.8. The minimum atomic E-state index is -3.63. The number of hydrogen-bond acceptors (Lipinski definition) is 7. The molecular weight excluding hydrogens is 396 g/mol. The smallest absolute Gasteiger partial charge is 0.251 e. The highest BCUT2D eigenvalue weighted by Gasteiger charge is 2.26. The van der Waals surface area contributed by atoms with Gasteiger partial charge in [0.1, 0.15) is 5.25 Å². The summed E-state index contributed by atoms with van der Waals surface area (Å²) in [5.74, 6) is -0.265. The SMILES string of the molecule is Cc1nnnn1-c1ccc(-c2ccn(CCC(C(N)=O)S(C)(=O)=O)c(=O)c2)cc1. The van der Waals surface area contributed by atoms with Crippen molar-refractivity contribution in [2.24, 2.45) is 5.73 Å². The van der Waals surface area contributed by atoms with E-state index in [1.54, 1.807) is 23.9 Å². The molecule has 1 unspecified atom stereocenters. The number of amides is 1. The van der Waals surface area contributed by atoms with Crippen molar-refractivity contribution in [3.8, 4) is 16.8 Å². The Balaban J connectivity index is 1.78. The highest BCUT2D eigenvalue weighted by atomic mass is 32.2. The van der Waals surface area contributed by atoms with E-state index >= 15 is 0 Å². The number of pyridine rings is 1. The number of nitrogens with zero attached hydrogens (tertiary/aromatic N) is 5. The molecule has 1 aromatic carbocycles. The van der Waals surface area contributed by atoms with E-state index in [9.17, 15) is 18.0 Å². The molecule has 0 aliphatic carbocycles. The van der Waals surface area contributed by atoms with Crippen molar-refractivity contribution >= 4 is 15.7 Å². The molecule has 2 aromatic heterocycles. The quantitative estimate of drug-likeness (QED) is 0.575. The number of benzene rings is 1. The molecule has 0 saturated carbocycles. The van der Waals surface area contributed by atoms with Gasteiger partial charge in [0, 0.05) is 25.1 Å². The summed E-state index contributed by atoms with van der Waals surface area (Å²) in [5.41, 5.74) is 7.19. The van der Waals surface area contributed by atoms with Crippen LogP contribution in [-0.2, 0) is 21.2 Å². The fraction of sp³-hybridized carbons (Fsp3) is 0.278. The summed E-state index contributed by atoms with van der Waals surface area (Å²) < 4.78 is 26.2. The Hall–Kier alpha value is -3.34. The second kappa shape index (κ2) is 7.95. The minimum absolute atomic E-state index is 0.0621. The molecule has 2 N–H and O–H groups in total. The highest BCUT2D eigenvalue weighted by molar-refractivity contribution is 7.92. The Labute approximate surface area is 166 Å². The van der Waals surface area contributed by atoms with E-state index in [1.165, 1.54) is 10.6 Å². The lowest BCUT2D eigenvalue weighted by Crippen LogP contribution is -2.36. The Morgan fingerprint density at radius 3 is 2.38 bits per heavy atom. The first-order valence-corrected chi connectivity index (χ1v) is 10.7. The van der Waals surface area contributed by atoms with Gasteiger partial charge in [-0.3, -0.25) is 9.59 Å². The van der Waals surface area contributed by atoms with E-state index < -0.39 is 21.0 Å². The largest absolute Gasteiger partial charge is 0.369 e. The summed E-state index contributed by atoms with van der Waals surface area (Å²) in [5, 5.41) is 10.0. The number of nitrogens with two attached hydrogens (primary N) is 1. The first-order valence-electron chi connectivity index (χ1n) is 8.71. The third-order valence-corrected chi connectivity index (χ3v) is 6.03. The molecule has 3 rings (SSSR count). The fourth-order valence-electron chi connectivity index (χ4n) is 2.96. The number of carbonyl (C=O) groups is 1. The van der Waals surface area contributed by atoms with Gasteiger partial charge in [0.2, 0.25) is 5.91 Å². The zero-order valence-electron chi connectivity index (χ0n) is 15.9. The topological polar surface area (TPSA) is 143 Å². The zero-order chi connectivity index (χ0) is 21.2. The molecule has 2 heterocycles. The van der Waals surface area contributed by atoms with Crippen LogP contribution in [0.2, 0.25) is 0 Å². The van der Waals surface area contributed by atoms with Gasteiger partial charge in [0.15, 0.2) is 15.7 Å². The van der Waals surface area contributed by atoms with Crippen LogP contribution in [0.5, 0.6) is 0 Å². The number of aromatic nitrogens is 5. The molecule has 0 saturated heterocycles. The van der Waals surface area contributed by atoms with Gasteiger partial charge in [-0.1, -0.05) is 12.1 Å². The van der Waals surface area contributed by atoms with Gasteiger partial charge in [-0.15, -0.1) is 5.10 Å². The third kappa shape index (κ3) is 4.57. The number of sulfone groups is 1. The summed E-state index contributed by atoms with van der Waals surface area (Å²) in [7, 11) is -3.63. The Kier molecular flexibility index (Phi) is 5.59. The molecule has 1 atom stereocenters. The zero-order valence-corrected chi connectivity index (χ0v) is 16.7. The van der Waals surface area contributed by atoms with E-state index in [1.807, 2.05) is 24.3 Å². The standard InChI is InChI=1S/C18H20N6O4S/c1-12-20-21-22-24(12)15-5-3-13(4-6-15)14-7-9-23(17(25)11-14)10-8-16(18(19)26)29(2,27)28/h3-7,9,11,16H,8,10H2,1-2H3,(H2,19,26). The number of primary amides is 1. The molecule has 11 heteroatoms. The minimum Gasteiger partial charge on any atom is -0.369 e. The van der Waals surface area contributed by atoms with Crippen LogP contribution >= 0.6 is 0 Å². The Morgan fingerprint density at radius 1 is 1.17 bits per heavy atom. The maximum Gasteiger partial charge on any atom is 0.251 e. The van der Waals surface area contributed by atoms with E-state index in [-0.39, 0.29) is 18.5 Å². The number of rotatable bonds is 7. The molecule has 0 bridgehead atoms. The van der Waals surface area contributed by atoms with Gasteiger partial charge < -0.3 is 10.3 Å². The van der Waals surface area contributed by atoms with Gasteiger partial charge in [-0.25, -0.2) is 8.42 Å². The summed E-state index contributed by atoms with van der Waals surface area (Å²) in [6.45, 7) is 1.86. The Morgan fingerprint density at radius 2 is 1.86 bits per heavy atom. The van der Waals surface area contributed by atoms with E-state index in [0.717, 1.165) is 17.5 Å². The predicted molar refractivity (Wildman–Crippen MR) is 106 cm³/mol. The first-order chi connectivity index (χ1) is 13.7. The molecule has 0 aliphatic rings. The van der Waals surface area contributed by atoms with Crippen LogP contribution in [0, 0.1) is 6.92 Å². The van der Waals surface area contributed by atoms with Gasteiger partial charge in [0.05, 0.1) is 5.69 Å². The monoisotopic (exact) mass is 416 g/mol. The highest BCUT2D eigenvalue weighted by Crippen LogP contribution is 2.20. The van der Waals surface area contributed by atoms with Crippen LogP contribution in [0.1, 0.15) is 12.2 Å². The van der Waals surface area contributed by atoms with Crippen molar-refractivity contribution in [1.82, 2.24) is 24.8 Å². The number of hydrogen-bond donors (Lipinski definition) is 1. The number of carbonyl (C=O) groups excluding carboxylic acids is 1. The van der Waals surface area contributed by atoms with Gasteiger partial charge >= 0.3 is 0 Å². The molecule has 152 valence electrons. The first kappa shape index (κ1) is 20.4. The van der Waals surface area contributed by atoms with Crippen molar-refractivity contribution in [3.63, 3.8) is 0 Å². The molecule has 0 aliphatic heterocycles. The van der Waals surface area contributed by atoms with E-state index in [4.69, 9.17) is 5.73 Å². The van der Waals surface area contributed by atoms with Crippen molar-refractivity contribution in [3.05, 3.63) is 58.8 Å². The molecule has 0 spiro atoms. The second-order valence-corrected chi connectivity index (χ2v) is 8.87. The van der Waals surface area contributed by atoms with Crippen LogP contribution in [0.3, 0.4) is 0 Å². The number of aryl methyl sites for hydroxylation is 2. The van der Waals surface area contributed by atoms with Gasteiger partial charge in [-0.05, 0) is 53.1 Å². The lowest BCUT2D eigenvalue weighted by molar-refractivity contribution is -0.117. The summed E-state index contributed by atoms with van der Waals surface area (Å²) >= 11 is 0. The van der Waals surface area contributed by atoms with E-state index in [0.29, 0.717) is 11.4 Å². The maximum atomic E-state index is 12.4. The normalized spacial score (nSPS) is 12.6. The van der Waals surface area contributed by atoms with Crippen molar-refractivity contribution in [1.29, 1.82) is 0 Å². The van der Waals surface area contributed by atoms with Crippen molar-refractivity contribution in [2.75, 3.05) is 6.26 Å². The molecule has 0 fully saturated rings. The van der Waals surface area contributed by atoms with E-state index in [2.05, 4.69) is 15.5 Å². The van der Waals surface area contributed by atoms with Crippen molar-refractivity contribution in [2.45, 2.75) is 25.1 Å². The van der Waals surface area contributed by atoms with Crippen LogP contribution in [-0.4, -0.2) is 50.6 Å². The van der Waals surface area contributed by atoms with Crippen LogP contribution in [0.15, 0.2) is 47.4 Å². The average molecular weight is 416 g/mol. The third-order valence-electron chi connectivity index (χ3n) is 4.53. The predicted octanol–water partition coefficient (Wildman–Crippen LogP) is 0.0880. The Bertz CT molecular complexity index is 1200. The second-order valence-electron chi connectivity index (χ2n) is 6.64. The van der Waals surface area contributed by atoms with Gasteiger partial charge in [-0.2, -0.15) is 4.68 Å². The van der Waals surface area contributed by atoms with Crippen LogP contribution in [0.25, 0.3) is 16.8 Å².